The van der Waals surface area contributed by atoms with Crippen LogP contribution >= 0.6 is 0 Å². The monoisotopic (exact) mass is 418 g/mol. The van der Waals surface area contributed by atoms with E-state index in [-0.39, 0.29) is 23.0 Å². The van der Waals surface area contributed by atoms with Crippen molar-refractivity contribution in [3.05, 3.63) is 41.1 Å². The number of aromatic nitrogens is 3. The van der Waals surface area contributed by atoms with Crippen molar-refractivity contribution in [3.8, 4) is 17.0 Å². The number of benzene rings is 1. The normalized spacial score (nSPS) is 17.3. The molecule has 0 radical (unpaired) electrons. The van der Waals surface area contributed by atoms with Gasteiger partial charge in [0.15, 0.2) is 5.65 Å². The maximum atomic E-state index is 13.0. The molecule has 4 rings (SSSR count). The van der Waals surface area contributed by atoms with Crippen molar-refractivity contribution >= 4 is 16.9 Å². The van der Waals surface area contributed by atoms with E-state index in [0.717, 1.165) is 17.1 Å². The fourth-order valence-electron chi connectivity index (χ4n) is 4.04. The maximum Gasteiger partial charge on any atom is 0.416 e. The number of hydrogen-bond donors (Lipinski definition) is 1. The zero-order valence-electron chi connectivity index (χ0n) is 16.8. The maximum absolute atomic E-state index is 13.0. The van der Waals surface area contributed by atoms with Crippen LogP contribution in [-0.2, 0) is 17.5 Å². The average molecular weight is 418 g/mol. The largest absolute Gasteiger partial charge is 0.507 e. The highest BCUT2D eigenvalue weighted by molar-refractivity contribution is 5.83. The average Bonchev–Trinajstić information content (AvgIpc) is 3.12. The second-order valence-electron chi connectivity index (χ2n) is 7.86. The molecule has 1 N–H and O–H groups in total. The van der Waals surface area contributed by atoms with E-state index < -0.39 is 17.5 Å². The van der Waals surface area contributed by atoms with Crippen LogP contribution in [0.5, 0.6) is 5.75 Å². The van der Waals surface area contributed by atoms with Crippen molar-refractivity contribution in [2.45, 2.75) is 33.0 Å². The van der Waals surface area contributed by atoms with Gasteiger partial charge in [-0.2, -0.15) is 18.3 Å². The van der Waals surface area contributed by atoms with Crippen molar-refractivity contribution < 1.29 is 23.1 Å². The van der Waals surface area contributed by atoms with Crippen LogP contribution < -0.4 is 0 Å². The number of pyridine rings is 1. The van der Waals surface area contributed by atoms with Crippen molar-refractivity contribution in [3.63, 3.8) is 0 Å². The van der Waals surface area contributed by atoms with Crippen molar-refractivity contribution in [2.75, 3.05) is 13.6 Å². The highest BCUT2D eigenvalue weighted by atomic mass is 19.4. The molecule has 0 spiro atoms. The molecule has 30 heavy (non-hydrogen) atoms. The number of aromatic hydroxyl groups is 1. The Morgan fingerprint density at radius 3 is 2.57 bits per heavy atom. The van der Waals surface area contributed by atoms with Crippen LogP contribution in [-0.4, -0.2) is 44.3 Å². The number of nitrogens with zero attached hydrogens (tertiary/aromatic N) is 4. The topological polar surface area (TPSA) is 71.2 Å². The first-order valence-electron chi connectivity index (χ1n) is 9.54. The molecule has 1 aromatic carbocycles. The first-order chi connectivity index (χ1) is 14.0. The summed E-state index contributed by atoms with van der Waals surface area (Å²) in [6.45, 7) is 4.68. The molecule has 1 unspecified atom stereocenters. The molecule has 1 aliphatic heterocycles. The van der Waals surface area contributed by atoms with Crippen LogP contribution in [0.3, 0.4) is 0 Å². The third kappa shape index (κ3) is 3.48. The van der Waals surface area contributed by atoms with Gasteiger partial charge in [-0.1, -0.05) is 0 Å². The van der Waals surface area contributed by atoms with Gasteiger partial charge in [0.1, 0.15) is 5.75 Å². The minimum absolute atomic E-state index is 0.114. The number of aryl methyl sites for hydroxylation is 2. The summed E-state index contributed by atoms with van der Waals surface area (Å²) < 4.78 is 40.8. The first kappa shape index (κ1) is 20.2. The molecule has 1 amide bonds. The van der Waals surface area contributed by atoms with Crippen molar-refractivity contribution in [1.82, 2.24) is 19.7 Å². The summed E-state index contributed by atoms with van der Waals surface area (Å²) in [6, 6.07) is 5.19. The predicted molar refractivity (Wildman–Crippen MR) is 105 cm³/mol. The van der Waals surface area contributed by atoms with Gasteiger partial charge in [-0.3, -0.25) is 9.48 Å². The van der Waals surface area contributed by atoms with Crippen LogP contribution in [0.2, 0.25) is 0 Å². The Morgan fingerprint density at radius 1 is 1.23 bits per heavy atom. The molecule has 0 bridgehead atoms. The Hall–Kier alpha value is -3.10. The van der Waals surface area contributed by atoms with E-state index in [0.29, 0.717) is 36.9 Å². The van der Waals surface area contributed by atoms with Crippen molar-refractivity contribution in [1.29, 1.82) is 0 Å². The highest BCUT2D eigenvalue weighted by Crippen LogP contribution is 2.39. The van der Waals surface area contributed by atoms with Crippen LogP contribution in [0.1, 0.15) is 23.2 Å². The Bertz CT molecular complexity index is 1130. The third-order valence-corrected chi connectivity index (χ3v) is 5.62. The van der Waals surface area contributed by atoms with E-state index in [1.807, 2.05) is 11.6 Å². The van der Waals surface area contributed by atoms with E-state index >= 15 is 0 Å². The second-order valence-corrected chi connectivity index (χ2v) is 7.86. The molecule has 6 nitrogen and oxygen atoms in total. The van der Waals surface area contributed by atoms with Crippen molar-refractivity contribution in [2.24, 2.45) is 5.92 Å². The highest BCUT2D eigenvalue weighted by Gasteiger charge is 2.32. The van der Waals surface area contributed by atoms with Crippen LogP contribution in [0.4, 0.5) is 13.2 Å². The van der Waals surface area contributed by atoms with Gasteiger partial charge < -0.3 is 10.0 Å². The molecular weight excluding hydrogens is 397 g/mol. The molecule has 3 heterocycles. The smallest absolute Gasteiger partial charge is 0.416 e. The number of likely N-dealkylation sites (tertiary alicyclic amines) is 1. The lowest BCUT2D eigenvalue weighted by molar-refractivity contribution is -0.137. The van der Waals surface area contributed by atoms with Gasteiger partial charge in [0.2, 0.25) is 5.91 Å². The van der Waals surface area contributed by atoms with E-state index in [9.17, 15) is 23.1 Å². The van der Waals surface area contributed by atoms with Gasteiger partial charge in [-0.25, -0.2) is 4.98 Å². The number of fused-ring (bicyclic) bond motifs is 1. The molecule has 2 aromatic heterocycles. The number of carbonyl (C=O) groups is 1. The Labute approximate surface area is 170 Å². The lowest BCUT2D eigenvalue weighted by Gasteiger charge is -2.13. The standard InChI is InChI=1S/C21H21F3N4O2/c1-11-6-14(21(22,23)24)8-17(29)19(11)16-5-4-15-12(2)28(26-20(15)25-16)10-13-7-18(30)27(3)9-13/h4-6,8,13,29H,7,9-10H2,1-3H3. The minimum Gasteiger partial charge on any atom is -0.507 e. The van der Waals surface area contributed by atoms with E-state index in [2.05, 4.69) is 10.1 Å². The third-order valence-electron chi connectivity index (χ3n) is 5.62. The molecule has 3 aromatic rings. The SMILES string of the molecule is Cc1cc(C(F)(F)F)cc(O)c1-c1ccc2c(C)n(CC3CC(=O)N(C)C3)nc2n1. The minimum atomic E-state index is -4.54. The van der Waals surface area contributed by atoms with Gasteiger partial charge in [-0.15, -0.1) is 0 Å². The molecular formula is C21H21F3N4O2. The summed E-state index contributed by atoms with van der Waals surface area (Å²) in [5.41, 5.74) is 1.32. The molecule has 9 heteroatoms. The molecule has 0 saturated carbocycles. The van der Waals surface area contributed by atoms with Crippen LogP contribution in [0.25, 0.3) is 22.3 Å². The summed E-state index contributed by atoms with van der Waals surface area (Å²) in [7, 11) is 1.78. The van der Waals surface area contributed by atoms with Gasteiger partial charge in [-0.05, 0) is 43.7 Å². The number of alkyl halides is 3. The molecule has 158 valence electrons. The van der Waals surface area contributed by atoms with E-state index in [1.54, 1.807) is 24.1 Å². The number of phenolic OH excluding ortho intramolecular Hbond substituents is 1. The van der Waals surface area contributed by atoms with Crippen LogP contribution in [0, 0.1) is 19.8 Å². The number of phenols is 1. The lowest BCUT2D eigenvalue weighted by Crippen LogP contribution is -2.20. The zero-order valence-corrected chi connectivity index (χ0v) is 16.8. The molecule has 1 saturated heterocycles. The molecule has 1 aliphatic rings. The van der Waals surface area contributed by atoms with Gasteiger partial charge in [0.25, 0.3) is 0 Å². The lowest BCUT2D eigenvalue weighted by atomic mass is 10.00. The Balaban J connectivity index is 1.70. The summed E-state index contributed by atoms with van der Waals surface area (Å²) in [4.78, 5) is 18.0. The molecule has 1 fully saturated rings. The molecule has 0 aliphatic carbocycles. The van der Waals surface area contributed by atoms with E-state index in [1.165, 1.54) is 6.92 Å². The van der Waals surface area contributed by atoms with Gasteiger partial charge >= 0.3 is 6.18 Å². The number of rotatable bonds is 3. The Morgan fingerprint density at radius 2 is 1.97 bits per heavy atom. The quantitative estimate of drug-likeness (QED) is 0.700. The van der Waals surface area contributed by atoms with E-state index in [4.69, 9.17) is 0 Å². The number of halogens is 3. The van der Waals surface area contributed by atoms with Gasteiger partial charge in [0, 0.05) is 49.1 Å². The summed E-state index contributed by atoms with van der Waals surface area (Å²) >= 11 is 0. The number of hydrogen-bond acceptors (Lipinski definition) is 4. The first-order valence-corrected chi connectivity index (χ1v) is 9.54. The Kier molecular flexibility index (Phi) is 4.71. The zero-order chi connectivity index (χ0) is 21.8. The summed E-state index contributed by atoms with van der Waals surface area (Å²) in [5, 5.41) is 15.6. The number of amides is 1. The van der Waals surface area contributed by atoms with Crippen LogP contribution in [0.15, 0.2) is 24.3 Å². The molecule has 1 atom stereocenters. The van der Waals surface area contributed by atoms with Gasteiger partial charge in [0.05, 0.1) is 11.3 Å². The second kappa shape index (κ2) is 7.00. The predicted octanol–water partition coefficient (Wildman–Crippen LogP) is 3.92. The number of carbonyl (C=O) groups excluding carboxylic acids is 1. The fraction of sp³-hybridized carbons (Fsp3) is 0.381. The summed E-state index contributed by atoms with van der Waals surface area (Å²) in [6.07, 6.45) is -4.06. The summed E-state index contributed by atoms with van der Waals surface area (Å²) in [5.74, 6) is -0.197. The fourth-order valence-corrected chi connectivity index (χ4v) is 4.04.